The second-order valence-corrected chi connectivity index (χ2v) is 4.32. The molecule has 0 bridgehead atoms. The molecule has 12 heavy (non-hydrogen) atoms. The molecule has 0 unspecified atom stereocenters. The molecular formula is C11H20O. The molecular weight excluding hydrogens is 148 g/mol. The summed E-state index contributed by atoms with van der Waals surface area (Å²) >= 11 is 0. The van der Waals surface area contributed by atoms with Gasteiger partial charge in [-0.05, 0) is 31.6 Å². The summed E-state index contributed by atoms with van der Waals surface area (Å²) in [5.41, 5.74) is 0.00535. The number of rotatable bonds is 2. The summed E-state index contributed by atoms with van der Waals surface area (Å²) in [6.45, 7) is 6.72. The van der Waals surface area contributed by atoms with Gasteiger partial charge >= 0.3 is 0 Å². The van der Waals surface area contributed by atoms with Gasteiger partial charge < -0.3 is 4.74 Å². The fraction of sp³-hybridized carbons (Fsp3) is 0.818. The van der Waals surface area contributed by atoms with Crippen molar-refractivity contribution in [1.29, 1.82) is 0 Å². The van der Waals surface area contributed by atoms with E-state index in [1.165, 1.54) is 6.42 Å². The third-order valence-corrected chi connectivity index (χ3v) is 2.99. The van der Waals surface area contributed by atoms with Gasteiger partial charge in [0.1, 0.15) is 0 Å². The van der Waals surface area contributed by atoms with Gasteiger partial charge in [0.05, 0.1) is 5.60 Å². The summed E-state index contributed by atoms with van der Waals surface area (Å²) in [7, 11) is 1.79. The maximum absolute atomic E-state index is 5.42. The normalized spacial score (nSPS) is 35.9. The fourth-order valence-electron chi connectivity index (χ4n) is 1.69. The van der Waals surface area contributed by atoms with Gasteiger partial charge in [-0.2, -0.15) is 0 Å². The SMILES string of the molecule is CO[C@]1(C)C=C[C@H](C(C)C)CC1. The molecule has 0 heterocycles. The van der Waals surface area contributed by atoms with Gasteiger partial charge in [-0.1, -0.05) is 26.0 Å². The Morgan fingerprint density at radius 1 is 1.50 bits per heavy atom. The average Bonchev–Trinajstić information content (AvgIpc) is 2.05. The molecule has 70 valence electrons. The molecule has 0 radical (unpaired) electrons. The van der Waals surface area contributed by atoms with Gasteiger partial charge in [0.15, 0.2) is 0 Å². The number of ether oxygens (including phenoxy) is 1. The Balaban J connectivity index is 2.58. The van der Waals surface area contributed by atoms with E-state index in [-0.39, 0.29) is 5.60 Å². The van der Waals surface area contributed by atoms with Gasteiger partial charge in [-0.3, -0.25) is 0 Å². The van der Waals surface area contributed by atoms with Crippen LogP contribution in [0.5, 0.6) is 0 Å². The van der Waals surface area contributed by atoms with Crippen molar-refractivity contribution in [2.45, 2.75) is 39.2 Å². The zero-order valence-corrected chi connectivity index (χ0v) is 8.63. The topological polar surface area (TPSA) is 9.23 Å². The number of methoxy groups -OCH3 is 1. The third kappa shape index (κ3) is 2.10. The zero-order chi connectivity index (χ0) is 9.19. The Morgan fingerprint density at radius 2 is 2.17 bits per heavy atom. The minimum Gasteiger partial charge on any atom is -0.374 e. The lowest BCUT2D eigenvalue weighted by Crippen LogP contribution is -2.29. The quantitative estimate of drug-likeness (QED) is 0.576. The smallest absolute Gasteiger partial charge is 0.0830 e. The van der Waals surface area contributed by atoms with Crippen LogP contribution >= 0.6 is 0 Å². The number of hydrogen-bond acceptors (Lipinski definition) is 1. The maximum atomic E-state index is 5.42. The lowest BCUT2D eigenvalue weighted by molar-refractivity contribution is 0.0295. The Morgan fingerprint density at radius 3 is 2.50 bits per heavy atom. The predicted octanol–water partition coefficient (Wildman–Crippen LogP) is 3.01. The van der Waals surface area contributed by atoms with Crippen LogP contribution < -0.4 is 0 Å². The van der Waals surface area contributed by atoms with Crippen LogP contribution in [0.3, 0.4) is 0 Å². The number of allylic oxidation sites excluding steroid dienone is 1. The van der Waals surface area contributed by atoms with Crippen LogP contribution in [0, 0.1) is 11.8 Å². The van der Waals surface area contributed by atoms with Crippen molar-refractivity contribution in [3.05, 3.63) is 12.2 Å². The monoisotopic (exact) mass is 168 g/mol. The summed E-state index contributed by atoms with van der Waals surface area (Å²) in [5, 5.41) is 0. The van der Waals surface area contributed by atoms with E-state index in [2.05, 4.69) is 32.9 Å². The molecule has 1 aliphatic rings. The highest BCUT2D eigenvalue weighted by molar-refractivity contribution is 5.07. The zero-order valence-electron chi connectivity index (χ0n) is 8.63. The van der Waals surface area contributed by atoms with E-state index >= 15 is 0 Å². The standard InChI is InChI=1S/C11H20O/c1-9(2)10-5-7-11(3,12-4)8-6-10/h5,7,9-10H,6,8H2,1-4H3/t10-,11+/m0/s1. The highest BCUT2D eigenvalue weighted by Gasteiger charge is 2.26. The van der Waals surface area contributed by atoms with Crippen molar-refractivity contribution >= 4 is 0 Å². The van der Waals surface area contributed by atoms with Crippen LogP contribution in [0.15, 0.2) is 12.2 Å². The first-order valence-electron chi connectivity index (χ1n) is 4.82. The summed E-state index contributed by atoms with van der Waals surface area (Å²) in [6.07, 6.45) is 6.96. The minimum absolute atomic E-state index is 0.00535. The summed E-state index contributed by atoms with van der Waals surface area (Å²) in [6, 6.07) is 0. The van der Waals surface area contributed by atoms with Crippen LogP contribution in [-0.4, -0.2) is 12.7 Å². The Labute approximate surface area is 75.8 Å². The van der Waals surface area contributed by atoms with E-state index < -0.39 is 0 Å². The lowest BCUT2D eigenvalue weighted by atomic mass is 9.81. The molecule has 1 heteroatoms. The molecule has 1 nitrogen and oxygen atoms in total. The molecule has 2 atom stereocenters. The van der Waals surface area contributed by atoms with E-state index in [0.717, 1.165) is 18.3 Å². The van der Waals surface area contributed by atoms with Gasteiger partial charge in [-0.25, -0.2) is 0 Å². The van der Waals surface area contributed by atoms with E-state index in [0.29, 0.717) is 0 Å². The molecule has 0 aromatic rings. The van der Waals surface area contributed by atoms with Crippen molar-refractivity contribution < 1.29 is 4.74 Å². The highest BCUT2D eigenvalue weighted by Crippen LogP contribution is 2.31. The molecule has 0 N–H and O–H groups in total. The van der Waals surface area contributed by atoms with Crippen LogP contribution in [0.25, 0.3) is 0 Å². The van der Waals surface area contributed by atoms with Crippen molar-refractivity contribution in [3.63, 3.8) is 0 Å². The molecule has 0 saturated heterocycles. The molecule has 0 fully saturated rings. The van der Waals surface area contributed by atoms with Crippen molar-refractivity contribution in [3.8, 4) is 0 Å². The van der Waals surface area contributed by atoms with Crippen LogP contribution in [0.2, 0.25) is 0 Å². The fourth-order valence-corrected chi connectivity index (χ4v) is 1.69. The Kier molecular flexibility index (Phi) is 2.94. The maximum Gasteiger partial charge on any atom is 0.0830 e. The lowest BCUT2D eigenvalue weighted by Gasteiger charge is -2.32. The predicted molar refractivity (Wildman–Crippen MR) is 52.1 cm³/mol. The number of hydrogen-bond donors (Lipinski definition) is 0. The Bertz CT molecular complexity index is 172. The first-order valence-corrected chi connectivity index (χ1v) is 4.82. The molecule has 0 amide bonds. The summed E-state index contributed by atoms with van der Waals surface area (Å²) in [4.78, 5) is 0. The van der Waals surface area contributed by atoms with E-state index in [1.807, 2.05) is 0 Å². The van der Waals surface area contributed by atoms with Crippen LogP contribution in [-0.2, 0) is 4.74 Å². The van der Waals surface area contributed by atoms with Crippen molar-refractivity contribution in [2.75, 3.05) is 7.11 Å². The largest absolute Gasteiger partial charge is 0.374 e. The molecule has 0 aromatic heterocycles. The second-order valence-electron chi connectivity index (χ2n) is 4.32. The second kappa shape index (κ2) is 3.61. The van der Waals surface area contributed by atoms with Crippen molar-refractivity contribution in [1.82, 2.24) is 0 Å². The van der Waals surface area contributed by atoms with Crippen molar-refractivity contribution in [2.24, 2.45) is 11.8 Å². The van der Waals surface area contributed by atoms with Gasteiger partial charge in [-0.15, -0.1) is 0 Å². The molecule has 1 rings (SSSR count). The van der Waals surface area contributed by atoms with Gasteiger partial charge in [0, 0.05) is 7.11 Å². The molecule has 1 aliphatic carbocycles. The van der Waals surface area contributed by atoms with Crippen LogP contribution in [0.4, 0.5) is 0 Å². The first kappa shape index (κ1) is 9.79. The van der Waals surface area contributed by atoms with E-state index in [1.54, 1.807) is 7.11 Å². The van der Waals surface area contributed by atoms with E-state index in [9.17, 15) is 0 Å². The molecule has 0 aromatic carbocycles. The first-order chi connectivity index (χ1) is 5.57. The van der Waals surface area contributed by atoms with Gasteiger partial charge in [0.25, 0.3) is 0 Å². The average molecular weight is 168 g/mol. The Hall–Kier alpha value is -0.300. The molecule has 0 spiro atoms. The third-order valence-electron chi connectivity index (χ3n) is 2.99. The minimum atomic E-state index is 0.00535. The van der Waals surface area contributed by atoms with E-state index in [4.69, 9.17) is 4.74 Å². The summed E-state index contributed by atoms with van der Waals surface area (Å²) < 4.78 is 5.42. The molecule has 0 aliphatic heterocycles. The van der Waals surface area contributed by atoms with Crippen LogP contribution in [0.1, 0.15) is 33.6 Å². The highest BCUT2D eigenvalue weighted by atomic mass is 16.5. The molecule has 0 saturated carbocycles. The van der Waals surface area contributed by atoms with Gasteiger partial charge in [0.2, 0.25) is 0 Å². The summed E-state index contributed by atoms with van der Waals surface area (Å²) in [5.74, 6) is 1.52.